The molecule has 158 valence electrons. The number of carbonyl (C=O) groups excluding carboxylic acids is 1. The third kappa shape index (κ3) is 5.15. The summed E-state index contributed by atoms with van der Waals surface area (Å²) >= 11 is 0. The van der Waals surface area contributed by atoms with E-state index in [1.807, 2.05) is 32.9 Å². The maximum absolute atomic E-state index is 12.2. The Hall–Kier alpha value is -2.41. The fraction of sp³-hybridized carbons (Fsp3) is 0.591. The van der Waals surface area contributed by atoms with E-state index in [-0.39, 0.29) is 24.6 Å². The van der Waals surface area contributed by atoms with Crippen molar-refractivity contribution in [1.82, 2.24) is 10.1 Å². The van der Waals surface area contributed by atoms with Crippen LogP contribution in [0.25, 0.3) is 11.5 Å². The molecule has 2 heterocycles. The number of ether oxygens (including phenoxy) is 2. The number of aliphatic hydroxyl groups is 1. The second kappa shape index (κ2) is 9.39. The van der Waals surface area contributed by atoms with Crippen LogP contribution in [0.5, 0.6) is 5.75 Å². The maximum atomic E-state index is 12.2. The first kappa shape index (κ1) is 21.3. The van der Waals surface area contributed by atoms with Gasteiger partial charge in [0, 0.05) is 5.56 Å². The Bertz CT molecular complexity index is 846. The molecule has 0 saturated heterocycles. The zero-order chi connectivity index (χ0) is 21.0. The van der Waals surface area contributed by atoms with Gasteiger partial charge in [0.25, 0.3) is 0 Å². The minimum Gasteiger partial charge on any atom is -0.491 e. The Balaban J connectivity index is 1.61. The first-order valence-corrected chi connectivity index (χ1v) is 10.3. The third-order valence-electron chi connectivity index (χ3n) is 5.36. The number of carbonyl (C=O) groups is 1. The number of rotatable bonds is 7. The van der Waals surface area contributed by atoms with Gasteiger partial charge in [0.1, 0.15) is 11.4 Å². The normalized spacial score (nSPS) is 19.4. The molecule has 1 aliphatic carbocycles. The molecule has 0 radical (unpaired) electrons. The summed E-state index contributed by atoms with van der Waals surface area (Å²) in [5.74, 6) is 1.40. The van der Waals surface area contributed by atoms with Crippen LogP contribution in [-0.2, 0) is 16.1 Å². The van der Waals surface area contributed by atoms with Crippen LogP contribution in [0.15, 0.2) is 16.7 Å². The summed E-state index contributed by atoms with van der Waals surface area (Å²) in [5.41, 5.74) is 2.66. The lowest BCUT2D eigenvalue weighted by Gasteiger charge is -2.28. The molecule has 1 fully saturated rings. The topological polar surface area (TPSA) is 94.7 Å². The number of pyridine rings is 1. The average Bonchev–Trinajstić information content (AvgIpc) is 3.07. The molecule has 7 heteroatoms. The number of aromatic nitrogens is 2. The van der Waals surface area contributed by atoms with Crippen LogP contribution in [0.4, 0.5) is 0 Å². The zero-order valence-electron chi connectivity index (χ0n) is 17.6. The molecule has 2 aromatic rings. The van der Waals surface area contributed by atoms with Gasteiger partial charge in [-0.2, -0.15) is 0 Å². The van der Waals surface area contributed by atoms with E-state index in [4.69, 9.17) is 14.0 Å². The summed E-state index contributed by atoms with van der Waals surface area (Å²) in [5, 5.41) is 13.4. The van der Waals surface area contributed by atoms with Gasteiger partial charge in [-0.05, 0) is 65.0 Å². The number of hydrogen-bond donors (Lipinski definition) is 1. The van der Waals surface area contributed by atoms with E-state index in [2.05, 4.69) is 10.1 Å². The van der Waals surface area contributed by atoms with Crippen LogP contribution in [0.1, 0.15) is 56.5 Å². The second-order valence-corrected chi connectivity index (χ2v) is 8.04. The van der Waals surface area contributed by atoms with Gasteiger partial charge in [-0.15, -0.1) is 0 Å². The molecule has 0 spiro atoms. The highest BCUT2D eigenvalue weighted by Gasteiger charge is 2.29. The fourth-order valence-electron chi connectivity index (χ4n) is 3.80. The van der Waals surface area contributed by atoms with E-state index < -0.39 is 0 Å². The highest BCUT2D eigenvalue weighted by molar-refractivity contribution is 5.72. The van der Waals surface area contributed by atoms with Crippen molar-refractivity contribution in [2.24, 2.45) is 11.8 Å². The highest BCUT2D eigenvalue weighted by atomic mass is 16.5. The summed E-state index contributed by atoms with van der Waals surface area (Å²) in [7, 11) is 0. The lowest BCUT2D eigenvalue weighted by molar-refractivity contribution is -0.154. The van der Waals surface area contributed by atoms with Gasteiger partial charge >= 0.3 is 5.97 Å². The smallest absolute Gasteiger partial charge is 0.309 e. The summed E-state index contributed by atoms with van der Waals surface area (Å²) < 4.78 is 16.7. The molecule has 3 rings (SSSR count). The van der Waals surface area contributed by atoms with Crippen molar-refractivity contribution in [3.63, 3.8) is 0 Å². The molecule has 1 N–H and O–H groups in total. The van der Waals surface area contributed by atoms with Gasteiger partial charge in [-0.25, -0.2) is 4.98 Å². The van der Waals surface area contributed by atoms with Crippen LogP contribution in [-0.4, -0.2) is 33.9 Å². The fourth-order valence-corrected chi connectivity index (χ4v) is 3.80. The Labute approximate surface area is 171 Å². The van der Waals surface area contributed by atoms with Crippen LogP contribution >= 0.6 is 0 Å². The van der Waals surface area contributed by atoms with E-state index in [1.165, 1.54) is 0 Å². The molecule has 1 aliphatic rings. The molecule has 1 saturated carbocycles. The van der Waals surface area contributed by atoms with Crippen molar-refractivity contribution >= 4 is 5.97 Å². The van der Waals surface area contributed by atoms with Crippen molar-refractivity contribution in [2.75, 3.05) is 6.61 Å². The quantitative estimate of drug-likeness (QED) is 0.700. The predicted molar refractivity (Wildman–Crippen MR) is 107 cm³/mol. The van der Waals surface area contributed by atoms with Gasteiger partial charge in [0.15, 0.2) is 5.76 Å². The monoisotopic (exact) mass is 402 g/mol. The van der Waals surface area contributed by atoms with Crippen molar-refractivity contribution in [1.29, 1.82) is 0 Å². The van der Waals surface area contributed by atoms with Crippen molar-refractivity contribution in [2.45, 2.75) is 66.1 Å². The predicted octanol–water partition coefficient (Wildman–Crippen LogP) is 3.98. The van der Waals surface area contributed by atoms with Gasteiger partial charge in [0.2, 0.25) is 0 Å². The minimum atomic E-state index is -0.147. The number of esters is 1. The lowest BCUT2D eigenvalue weighted by Crippen LogP contribution is -2.29. The van der Waals surface area contributed by atoms with E-state index in [0.29, 0.717) is 41.0 Å². The van der Waals surface area contributed by atoms with E-state index >= 15 is 0 Å². The SMILES string of the molecule is Cc1nc(-c2onc(C)c2CO)ccc1OCC1CCC[C@H](C(=O)OC(C)C)C1. The number of hydrogen-bond acceptors (Lipinski definition) is 7. The Morgan fingerprint density at radius 2 is 2.07 bits per heavy atom. The van der Waals surface area contributed by atoms with E-state index in [0.717, 1.165) is 31.4 Å². The number of nitrogens with zero attached hydrogens (tertiary/aromatic N) is 2. The van der Waals surface area contributed by atoms with E-state index in [1.54, 1.807) is 6.92 Å². The van der Waals surface area contributed by atoms with Crippen LogP contribution < -0.4 is 4.74 Å². The molecule has 0 amide bonds. The largest absolute Gasteiger partial charge is 0.491 e. The lowest BCUT2D eigenvalue weighted by atomic mass is 9.82. The first-order chi connectivity index (χ1) is 13.9. The van der Waals surface area contributed by atoms with Gasteiger partial charge in [0.05, 0.1) is 36.6 Å². The third-order valence-corrected chi connectivity index (χ3v) is 5.36. The number of aryl methyl sites for hydroxylation is 2. The number of aliphatic hydroxyl groups excluding tert-OH is 1. The molecule has 2 aromatic heterocycles. The summed E-state index contributed by atoms with van der Waals surface area (Å²) in [6.45, 7) is 7.83. The molecule has 1 unspecified atom stereocenters. The molecular weight excluding hydrogens is 372 g/mol. The van der Waals surface area contributed by atoms with Crippen LogP contribution in [0, 0.1) is 25.7 Å². The molecule has 0 aliphatic heterocycles. The Morgan fingerprint density at radius 1 is 1.28 bits per heavy atom. The summed E-state index contributed by atoms with van der Waals surface area (Å²) in [6.07, 6.45) is 3.67. The first-order valence-electron chi connectivity index (χ1n) is 10.3. The maximum Gasteiger partial charge on any atom is 0.309 e. The van der Waals surface area contributed by atoms with Crippen molar-refractivity contribution < 1.29 is 23.9 Å². The molecule has 2 atom stereocenters. The molecule has 7 nitrogen and oxygen atoms in total. The molecular formula is C22H30N2O5. The molecule has 0 aromatic carbocycles. The van der Waals surface area contributed by atoms with Crippen LogP contribution in [0.2, 0.25) is 0 Å². The van der Waals surface area contributed by atoms with Gasteiger partial charge in [-0.3, -0.25) is 4.79 Å². The molecule has 0 bridgehead atoms. The summed E-state index contributed by atoms with van der Waals surface area (Å²) in [6, 6.07) is 3.68. The Kier molecular flexibility index (Phi) is 6.90. The van der Waals surface area contributed by atoms with E-state index in [9.17, 15) is 9.90 Å². The zero-order valence-corrected chi connectivity index (χ0v) is 17.6. The van der Waals surface area contributed by atoms with Crippen molar-refractivity contribution in [3.8, 4) is 17.2 Å². The highest BCUT2D eigenvalue weighted by Crippen LogP contribution is 2.32. The average molecular weight is 402 g/mol. The van der Waals surface area contributed by atoms with Crippen molar-refractivity contribution in [3.05, 3.63) is 29.1 Å². The summed E-state index contributed by atoms with van der Waals surface area (Å²) in [4.78, 5) is 16.8. The minimum absolute atomic E-state index is 0.0343. The molecule has 29 heavy (non-hydrogen) atoms. The van der Waals surface area contributed by atoms with Crippen LogP contribution in [0.3, 0.4) is 0 Å². The Morgan fingerprint density at radius 3 is 2.76 bits per heavy atom. The standard InChI is InChI=1S/C22H30N2O5/c1-13(2)28-22(26)17-7-5-6-16(10-17)12-27-20-9-8-19(23-15(20)4)21-18(11-25)14(3)24-29-21/h8-9,13,16-17,25H,5-7,10-12H2,1-4H3/t16?,17-/m0/s1. The van der Waals surface area contributed by atoms with Gasteiger partial charge in [-0.1, -0.05) is 11.6 Å². The van der Waals surface area contributed by atoms with Gasteiger partial charge < -0.3 is 19.1 Å². The second-order valence-electron chi connectivity index (χ2n) is 8.04.